The van der Waals surface area contributed by atoms with Crippen LogP contribution in [0.4, 0.5) is 0 Å². The van der Waals surface area contributed by atoms with Crippen molar-refractivity contribution in [2.24, 2.45) is 0 Å². The van der Waals surface area contributed by atoms with Crippen LogP contribution in [-0.4, -0.2) is 63.8 Å². The van der Waals surface area contributed by atoms with Gasteiger partial charge in [-0.25, -0.2) is 0 Å². The van der Waals surface area contributed by atoms with Crippen LogP contribution in [0.2, 0.25) is 0 Å². The molecule has 0 aliphatic heterocycles. The summed E-state index contributed by atoms with van der Waals surface area (Å²) < 4.78 is 10.4. The molecule has 0 aromatic heterocycles. The van der Waals surface area contributed by atoms with E-state index in [0.717, 1.165) is 44.9 Å². The van der Waals surface area contributed by atoms with Gasteiger partial charge in [0.25, 0.3) is 0 Å². The number of unbranched alkanes of at least 4 members (excludes halogenated alkanes) is 17. The average Bonchev–Trinajstić information content (AvgIpc) is 3.00. The third-order valence-electron chi connectivity index (χ3n) is 7.89. The minimum Gasteiger partial charge on any atom is -0.382 e. The predicted molar refractivity (Wildman–Crippen MR) is 178 cm³/mol. The van der Waals surface area contributed by atoms with Gasteiger partial charge in [0.15, 0.2) is 0 Å². The summed E-state index contributed by atoms with van der Waals surface area (Å²) in [4.78, 5) is 37.7. The van der Waals surface area contributed by atoms with Gasteiger partial charge in [-0.2, -0.15) is 0 Å². The third-order valence-corrected chi connectivity index (χ3v) is 7.89. The molecule has 0 radical (unpaired) electrons. The highest BCUT2D eigenvalue weighted by Crippen LogP contribution is 2.12. The van der Waals surface area contributed by atoms with Crippen molar-refractivity contribution in [1.82, 2.24) is 16.0 Å². The Morgan fingerprint density at radius 1 is 0.535 bits per heavy atom. The van der Waals surface area contributed by atoms with Gasteiger partial charge in [0, 0.05) is 33.0 Å². The second-order valence-corrected chi connectivity index (χ2v) is 12.0. The van der Waals surface area contributed by atoms with Crippen LogP contribution >= 0.6 is 0 Å². The lowest BCUT2D eigenvalue weighted by Gasteiger charge is -2.19. The van der Waals surface area contributed by atoms with Crippen LogP contribution < -0.4 is 16.0 Å². The van der Waals surface area contributed by atoms with Gasteiger partial charge in [0.2, 0.25) is 17.7 Å². The molecule has 0 saturated carbocycles. The van der Waals surface area contributed by atoms with Crippen molar-refractivity contribution in [1.29, 1.82) is 0 Å². The summed E-state index contributed by atoms with van der Waals surface area (Å²) in [5.41, 5.74) is 0. The van der Waals surface area contributed by atoms with Crippen LogP contribution in [0.15, 0.2) is 0 Å². The standard InChI is InChI=1S/C35H69N3O5/c1-4-6-8-10-12-14-16-18-20-25-33(39)36-27-23-22-24-32(35(41)37-28-29-43-31-30-42-3)38-34(40)26-21-19-17-15-13-11-9-7-5-2/h32H,4-31H2,1-3H3,(H,36,39)(H,37,41)(H,38,40). The van der Waals surface area contributed by atoms with E-state index in [-0.39, 0.29) is 17.7 Å². The van der Waals surface area contributed by atoms with E-state index in [4.69, 9.17) is 9.47 Å². The summed E-state index contributed by atoms with van der Waals surface area (Å²) in [7, 11) is 1.62. The molecule has 254 valence electrons. The highest BCUT2D eigenvalue weighted by molar-refractivity contribution is 5.87. The number of hydrogen-bond donors (Lipinski definition) is 3. The number of hydrogen-bond acceptors (Lipinski definition) is 5. The van der Waals surface area contributed by atoms with Crippen molar-refractivity contribution >= 4 is 17.7 Å². The highest BCUT2D eigenvalue weighted by atomic mass is 16.5. The fraction of sp³-hybridized carbons (Fsp3) is 0.914. The van der Waals surface area contributed by atoms with Gasteiger partial charge in [-0.05, 0) is 32.1 Å². The van der Waals surface area contributed by atoms with Gasteiger partial charge in [0.05, 0.1) is 19.8 Å². The first-order chi connectivity index (χ1) is 21.0. The lowest BCUT2D eigenvalue weighted by Crippen LogP contribution is -2.47. The van der Waals surface area contributed by atoms with Crippen LogP contribution in [-0.2, 0) is 23.9 Å². The zero-order chi connectivity index (χ0) is 31.6. The highest BCUT2D eigenvalue weighted by Gasteiger charge is 2.20. The van der Waals surface area contributed by atoms with Gasteiger partial charge in [0.1, 0.15) is 6.04 Å². The smallest absolute Gasteiger partial charge is 0.242 e. The maximum absolute atomic E-state index is 12.8. The maximum atomic E-state index is 12.8. The van der Waals surface area contributed by atoms with Crippen LogP contribution in [0.5, 0.6) is 0 Å². The number of amides is 3. The van der Waals surface area contributed by atoms with Crippen LogP contribution in [0.25, 0.3) is 0 Å². The molecule has 43 heavy (non-hydrogen) atoms. The van der Waals surface area contributed by atoms with Crippen molar-refractivity contribution < 1.29 is 23.9 Å². The van der Waals surface area contributed by atoms with Crippen molar-refractivity contribution in [3.63, 3.8) is 0 Å². The molecule has 3 amide bonds. The van der Waals surface area contributed by atoms with E-state index < -0.39 is 6.04 Å². The molecule has 8 nitrogen and oxygen atoms in total. The molecule has 0 saturated heterocycles. The summed E-state index contributed by atoms with van der Waals surface area (Å²) in [5, 5.41) is 8.87. The van der Waals surface area contributed by atoms with E-state index in [9.17, 15) is 14.4 Å². The fourth-order valence-corrected chi connectivity index (χ4v) is 5.13. The topological polar surface area (TPSA) is 106 Å². The first-order valence-electron chi connectivity index (χ1n) is 18.0. The molecule has 3 N–H and O–H groups in total. The molecular weight excluding hydrogens is 542 g/mol. The normalized spacial score (nSPS) is 11.8. The van der Waals surface area contributed by atoms with E-state index >= 15 is 0 Å². The number of carbonyl (C=O) groups excluding carboxylic acids is 3. The Labute approximate surface area is 265 Å². The summed E-state index contributed by atoms with van der Waals surface area (Å²) >= 11 is 0. The number of rotatable bonds is 33. The Morgan fingerprint density at radius 2 is 1.05 bits per heavy atom. The Hall–Kier alpha value is -1.67. The molecule has 8 heteroatoms. The van der Waals surface area contributed by atoms with Gasteiger partial charge >= 0.3 is 0 Å². The summed E-state index contributed by atoms with van der Waals surface area (Å²) in [6.45, 7) is 6.87. The first-order valence-corrected chi connectivity index (χ1v) is 18.0. The number of carbonyl (C=O) groups is 3. The summed E-state index contributed by atoms with van der Waals surface area (Å²) in [6.07, 6.45) is 25.1. The number of methoxy groups -OCH3 is 1. The Morgan fingerprint density at radius 3 is 1.58 bits per heavy atom. The van der Waals surface area contributed by atoms with Gasteiger partial charge in [-0.1, -0.05) is 117 Å². The predicted octanol–water partition coefficient (Wildman–Crippen LogP) is 7.38. The zero-order valence-corrected chi connectivity index (χ0v) is 28.4. The Bertz CT molecular complexity index is 647. The molecule has 1 unspecified atom stereocenters. The molecule has 0 aromatic rings. The van der Waals surface area contributed by atoms with E-state index in [2.05, 4.69) is 29.8 Å². The monoisotopic (exact) mass is 612 g/mol. The fourth-order valence-electron chi connectivity index (χ4n) is 5.13. The van der Waals surface area contributed by atoms with Crippen molar-refractivity contribution in [2.75, 3.05) is 40.0 Å². The molecule has 0 bridgehead atoms. The minimum absolute atomic E-state index is 0.0614. The lowest BCUT2D eigenvalue weighted by molar-refractivity contribution is -0.129. The maximum Gasteiger partial charge on any atom is 0.242 e. The van der Waals surface area contributed by atoms with E-state index in [0.29, 0.717) is 52.2 Å². The molecule has 1 atom stereocenters. The number of nitrogens with one attached hydrogen (secondary N) is 3. The van der Waals surface area contributed by atoms with Gasteiger partial charge in [-0.3, -0.25) is 14.4 Å². The van der Waals surface area contributed by atoms with Crippen molar-refractivity contribution in [3.8, 4) is 0 Å². The molecule has 0 aliphatic carbocycles. The average molecular weight is 612 g/mol. The van der Waals surface area contributed by atoms with Crippen molar-refractivity contribution in [2.45, 2.75) is 168 Å². The minimum atomic E-state index is -0.567. The largest absolute Gasteiger partial charge is 0.382 e. The van der Waals surface area contributed by atoms with Gasteiger partial charge < -0.3 is 25.4 Å². The van der Waals surface area contributed by atoms with E-state index in [1.165, 1.54) is 83.5 Å². The Kier molecular flexibility index (Phi) is 31.9. The zero-order valence-electron chi connectivity index (χ0n) is 28.4. The SMILES string of the molecule is CCCCCCCCCCCC(=O)NCCCCC(NC(=O)CCCCCCCCCCC)C(=O)NCCOCCOC. The van der Waals surface area contributed by atoms with E-state index in [1.54, 1.807) is 7.11 Å². The van der Waals surface area contributed by atoms with Crippen LogP contribution in [0, 0.1) is 0 Å². The van der Waals surface area contributed by atoms with Crippen LogP contribution in [0.3, 0.4) is 0 Å². The Balaban J connectivity index is 4.22. The van der Waals surface area contributed by atoms with Gasteiger partial charge in [-0.15, -0.1) is 0 Å². The molecule has 0 heterocycles. The molecule has 0 aliphatic rings. The van der Waals surface area contributed by atoms with Crippen LogP contribution in [0.1, 0.15) is 162 Å². The lowest BCUT2D eigenvalue weighted by atomic mass is 10.1. The quantitative estimate of drug-likeness (QED) is 0.0672. The van der Waals surface area contributed by atoms with Crippen molar-refractivity contribution in [3.05, 3.63) is 0 Å². The van der Waals surface area contributed by atoms with E-state index in [1.807, 2.05) is 0 Å². The second kappa shape index (κ2) is 33.2. The number of ether oxygens (including phenoxy) is 2. The molecular formula is C35H69N3O5. The third kappa shape index (κ3) is 30.2. The first kappa shape index (κ1) is 41.3. The second-order valence-electron chi connectivity index (χ2n) is 12.0. The summed E-state index contributed by atoms with van der Waals surface area (Å²) in [6, 6.07) is -0.567. The molecule has 0 fully saturated rings. The molecule has 0 spiro atoms. The molecule has 0 rings (SSSR count). The summed E-state index contributed by atoms with van der Waals surface area (Å²) in [5.74, 6) is -0.126. The molecule has 0 aromatic carbocycles.